The Labute approximate surface area is 111 Å². The van der Waals surface area contributed by atoms with Crippen LogP contribution in [0.3, 0.4) is 0 Å². The first kappa shape index (κ1) is 13.1. The largest absolute Gasteiger partial charge is 0.481 e. The Morgan fingerprint density at radius 2 is 2.00 bits per heavy atom. The molecule has 98 valence electrons. The summed E-state index contributed by atoms with van der Waals surface area (Å²) in [5.74, 6) is -2.14. The number of para-hydroxylation sites is 1. The summed E-state index contributed by atoms with van der Waals surface area (Å²) in [6.45, 7) is 0.294. The van der Waals surface area contributed by atoms with Crippen molar-refractivity contribution in [1.29, 1.82) is 5.26 Å². The molecule has 1 N–H and O–H groups in total. The lowest BCUT2D eigenvalue weighted by Gasteiger charge is -2.21. The number of carboxylic acids is 1. The lowest BCUT2D eigenvalue weighted by molar-refractivity contribution is -0.140. The molecule has 0 bridgehead atoms. The van der Waals surface area contributed by atoms with Gasteiger partial charge in [-0.1, -0.05) is 18.2 Å². The molecule has 0 aromatic heterocycles. The molecular weight excluding hydrogens is 244 g/mol. The number of nitrogens with zero attached hydrogens (tertiary/aromatic N) is 2. The fraction of sp³-hybridized carbons (Fsp3) is 0.357. The van der Waals surface area contributed by atoms with Gasteiger partial charge in [-0.05, 0) is 18.6 Å². The molecule has 0 unspecified atom stereocenters. The van der Waals surface area contributed by atoms with Crippen LogP contribution in [0.5, 0.6) is 0 Å². The predicted molar refractivity (Wildman–Crippen MR) is 68.3 cm³/mol. The van der Waals surface area contributed by atoms with E-state index in [0.717, 1.165) is 0 Å². The first-order valence-corrected chi connectivity index (χ1v) is 6.11. The molecule has 0 aliphatic heterocycles. The molecule has 0 radical (unpaired) electrons. The number of rotatable bonds is 5. The number of hydrogen-bond donors (Lipinski definition) is 1. The Balaban J connectivity index is 2.13. The minimum Gasteiger partial charge on any atom is -0.481 e. The van der Waals surface area contributed by atoms with Gasteiger partial charge in [0.25, 0.3) is 0 Å². The van der Waals surface area contributed by atoms with E-state index >= 15 is 0 Å². The van der Waals surface area contributed by atoms with E-state index in [1.54, 1.807) is 12.1 Å². The summed E-state index contributed by atoms with van der Waals surface area (Å²) >= 11 is 0. The quantitative estimate of drug-likeness (QED) is 0.870. The van der Waals surface area contributed by atoms with Crippen molar-refractivity contribution in [2.24, 2.45) is 11.8 Å². The molecule has 19 heavy (non-hydrogen) atoms. The van der Waals surface area contributed by atoms with E-state index in [-0.39, 0.29) is 12.3 Å². The van der Waals surface area contributed by atoms with Gasteiger partial charge in [0.1, 0.15) is 0 Å². The molecule has 2 rings (SSSR count). The summed E-state index contributed by atoms with van der Waals surface area (Å²) in [4.78, 5) is 24.6. The first-order chi connectivity index (χ1) is 9.15. The second-order valence-corrected chi connectivity index (χ2v) is 4.52. The number of benzene rings is 1. The maximum atomic E-state index is 12.3. The Bertz CT molecular complexity index is 521. The maximum Gasteiger partial charge on any atom is 0.307 e. The van der Waals surface area contributed by atoms with Crippen LogP contribution in [0.25, 0.3) is 0 Å². The summed E-state index contributed by atoms with van der Waals surface area (Å²) in [5.41, 5.74) is 0.707. The van der Waals surface area contributed by atoms with Crippen molar-refractivity contribution in [2.45, 2.75) is 12.8 Å². The van der Waals surface area contributed by atoms with E-state index in [0.29, 0.717) is 18.7 Å². The SMILES string of the molecule is N#CCCN(C(=O)[C@@H]1C[C@@H]1C(=O)O)c1ccccc1. The molecule has 1 aliphatic carbocycles. The molecule has 1 amide bonds. The van der Waals surface area contributed by atoms with Gasteiger partial charge < -0.3 is 10.0 Å². The van der Waals surface area contributed by atoms with Crippen LogP contribution in [0.15, 0.2) is 30.3 Å². The zero-order valence-corrected chi connectivity index (χ0v) is 10.3. The Hall–Kier alpha value is -2.35. The predicted octanol–water partition coefficient (Wildman–Crippen LogP) is 1.65. The number of aliphatic carboxylic acids is 1. The van der Waals surface area contributed by atoms with E-state index in [4.69, 9.17) is 10.4 Å². The Morgan fingerprint density at radius 3 is 2.53 bits per heavy atom. The average molecular weight is 258 g/mol. The van der Waals surface area contributed by atoms with Crippen LogP contribution in [-0.2, 0) is 9.59 Å². The smallest absolute Gasteiger partial charge is 0.307 e. The van der Waals surface area contributed by atoms with Crippen LogP contribution in [0.2, 0.25) is 0 Å². The minimum atomic E-state index is -0.924. The van der Waals surface area contributed by atoms with Crippen LogP contribution in [-0.4, -0.2) is 23.5 Å². The van der Waals surface area contributed by atoms with Gasteiger partial charge in [-0.3, -0.25) is 9.59 Å². The van der Waals surface area contributed by atoms with Crippen LogP contribution < -0.4 is 4.90 Å². The van der Waals surface area contributed by atoms with Crippen LogP contribution >= 0.6 is 0 Å². The topological polar surface area (TPSA) is 81.4 Å². The minimum absolute atomic E-state index is 0.200. The van der Waals surface area contributed by atoms with Crippen molar-refractivity contribution in [1.82, 2.24) is 0 Å². The number of nitriles is 1. The molecule has 5 heteroatoms. The van der Waals surface area contributed by atoms with Gasteiger partial charge in [0.05, 0.1) is 24.3 Å². The molecule has 1 aliphatic rings. The average Bonchev–Trinajstić information content (AvgIpc) is 3.20. The van der Waals surface area contributed by atoms with Crippen molar-refractivity contribution < 1.29 is 14.7 Å². The highest BCUT2D eigenvalue weighted by atomic mass is 16.4. The van der Waals surface area contributed by atoms with Crippen molar-refractivity contribution in [3.05, 3.63) is 30.3 Å². The second-order valence-electron chi connectivity index (χ2n) is 4.52. The maximum absolute atomic E-state index is 12.3. The van der Waals surface area contributed by atoms with Crippen LogP contribution in [0.1, 0.15) is 12.8 Å². The van der Waals surface area contributed by atoms with Gasteiger partial charge in [0.2, 0.25) is 5.91 Å². The lowest BCUT2D eigenvalue weighted by Crippen LogP contribution is -2.34. The van der Waals surface area contributed by atoms with Gasteiger partial charge in [0, 0.05) is 12.2 Å². The summed E-state index contributed by atoms with van der Waals surface area (Å²) in [6, 6.07) is 11.0. The van der Waals surface area contributed by atoms with Gasteiger partial charge in [0.15, 0.2) is 0 Å². The third-order valence-electron chi connectivity index (χ3n) is 3.21. The molecule has 5 nitrogen and oxygen atoms in total. The molecule has 1 aromatic rings. The molecule has 0 spiro atoms. The van der Waals surface area contributed by atoms with E-state index in [1.165, 1.54) is 4.90 Å². The molecular formula is C14H14N2O3. The van der Waals surface area contributed by atoms with Crippen LogP contribution in [0.4, 0.5) is 5.69 Å². The zero-order chi connectivity index (χ0) is 13.8. The van der Waals surface area contributed by atoms with Crippen molar-refractivity contribution in [3.8, 4) is 6.07 Å². The zero-order valence-electron chi connectivity index (χ0n) is 10.3. The Morgan fingerprint density at radius 1 is 1.32 bits per heavy atom. The summed E-state index contributed by atoms with van der Waals surface area (Å²) in [5, 5.41) is 17.5. The molecule has 1 aromatic carbocycles. The standard InChI is InChI=1S/C14H14N2O3/c15-7-4-8-16(10-5-2-1-3-6-10)13(17)11-9-12(11)14(18)19/h1-3,5-6,11-12H,4,8-9H2,(H,18,19)/t11-,12+/m1/s1. The molecule has 1 fully saturated rings. The number of anilines is 1. The fourth-order valence-corrected chi connectivity index (χ4v) is 2.08. The summed E-state index contributed by atoms with van der Waals surface area (Å²) in [7, 11) is 0. The van der Waals surface area contributed by atoms with Gasteiger partial charge in [-0.15, -0.1) is 0 Å². The lowest BCUT2D eigenvalue weighted by atomic mass is 10.2. The summed E-state index contributed by atoms with van der Waals surface area (Å²) in [6.07, 6.45) is 0.620. The Kier molecular flexibility index (Phi) is 3.81. The monoisotopic (exact) mass is 258 g/mol. The highest BCUT2D eigenvalue weighted by Crippen LogP contribution is 2.40. The molecule has 0 heterocycles. The van der Waals surface area contributed by atoms with E-state index in [2.05, 4.69) is 0 Å². The summed E-state index contributed by atoms with van der Waals surface area (Å²) < 4.78 is 0. The van der Waals surface area contributed by atoms with Crippen molar-refractivity contribution in [3.63, 3.8) is 0 Å². The second kappa shape index (κ2) is 5.53. The number of carboxylic acid groups (broad SMARTS) is 1. The van der Waals surface area contributed by atoms with E-state index < -0.39 is 17.8 Å². The first-order valence-electron chi connectivity index (χ1n) is 6.11. The third kappa shape index (κ3) is 2.91. The molecule has 1 saturated carbocycles. The fourth-order valence-electron chi connectivity index (χ4n) is 2.08. The third-order valence-corrected chi connectivity index (χ3v) is 3.21. The molecule has 0 saturated heterocycles. The van der Waals surface area contributed by atoms with Crippen molar-refractivity contribution in [2.75, 3.05) is 11.4 Å². The normalized spacial score (nSPS) is 20.4. The number of hydrogen-bond acceptors (Lipinski definition) is 3. The highest BCUT2D eigenvalue weighted by molar-refractivity contribution is 6.00. The number of amides is 1. The molecule has 2 atom stereocenters. The van der Waals surface area contributed by atoms with Gasteiger partial charge in [-0.25, -0.2) is 0 Å². The van der Waals surface area contributed by atoms with Crippen LogP contribution in [0, 0.1) is 23.2 Å². The van der Waals surface area contributed by atoms with Gasteiger partial charge in [-0.2, -0.15) is 5.26 Å². The van der Waals surface area contributed by atoms with E-state index in [9.17, 15) is 9.59 Å². The van der Waals surface area contributed by atoms with E-state index in [1.807, 2.05) is 24.3 Å². The number of carbonyl (C=O) groups excluding carboxylic acids is 1. The van der Waals surface area contributed by atoms with Crippen molar-refractivity contribution >= 4 is 17.6 Å². The number of carbonyl (C=O) groups is 2. The van der Waals surface area contributed by atoms with Gasteiger partial charge >= 0.3 is 5.97 Å². The highest BCUT2D eigenvalue weighted by Gasteiger charge is 2.49.